The molecule has 1 aromatic rings. The van der Waals surface area contributed by atoms with Gasteiger partial charge in [-0.25, -0.2) is 0 Å². The SMILES string of the molecule is CN(C(=O)c1ccc(Cl)c([N+](=O)[O-])c1)C1CCCCCC1. The van der Waals surface area contributed by atoms with Crippen LogP contribution in [-0.2, 0) is 0 Å². The quantitative estimate of drug-likeness (QED) is 0.481. The number of halogens is 1. The summed E-state index contributed by atoms with van der Waals surface area (Å²) >= 11 is 5.78. The van der Waals surface area contributed by atoms with E-state index in [1.54, 1.807) is 18.0 Å². The minimum absolute atomic E-state index is 0.0497. The molecule has 0 N–H and O–H groups in total. The fourth-order valence-corrected chi connectivity index (χ4v) is 2.99. The van der Waals surface area contributed by atoms with Crippen molar-refractivity contribution < 1.29 is 9.72 Å². The Morgan fingerprint density at radius 2 is 1.90 bits per heavy atom. The summed E-state index contributed by atoms with van der Waals surface area (Å²) in [7, 11) is 1.78. The van der Waals surface area contributed by atoms with E-state index in [1.807, 2.05) is 0 Å². The third kappa shape index (κ3) is 3.73. The van der Waals surface area contributed by atoms with Gasteiger partial charge >= 0.3 is 0 Å². The summed E-state index contributed by atoms with van der Waals surface area (Å²) in [6.07, 6.45) is 6.68. The largest absolute Gasteiger partial charge is 0.339 e. The minimum atomic E-state index is -0.565. The Balaban J connectivity index is 2.18. The highest BCUT2D eigenvalue weighted by Gasteiger charge is 2.24. The molecule has 0 atom stereocenters. The van der Waals surface area contributed by atoms with Gasteiger partial charge in [0.1, 0.15) is 5.02 Å². The second-order valence-corrected chi connectivity index (χ2v) is 5.89. The van der Waals surface area contributed by atoms with E-state index < -0.39 is 4.92 Å². The number of carbonyl (C=O) groups is 1. The molecule has 0 spiro atoms. The lowest BCUT2D eigenvalue weighted by Crippen LogP contribution is -2.36. The summed E-state index contributed by atoms with van der Waals surface area (Å²) < 4.78 is 0. The lowest BCUT2D eigenvalue weighted by molar-refractivity contribution is -0.384. The Morgan fingerprint density at radius 3 is 2.48 bits per heavy atom. The minimum Gasteiger partial charge on any atom is -0.339 e. The summed E-state index contributed by atoms with van der Waals surface area (Å²) in [6.45, 7) is 0. The second-order valence-electron chi connectivity index (χ2n) is 5.48. The van der Waals surface area contributed by atoms with Crippen molar-refractivity contribution in [2.75, 3.05) is 7.05 Å². The molecular weight excluding hydrogens is 292 g/mol. The topological polar surface area (TPSA) is 63.5 Å². The van der Waals surface area contributed by atoms with Crippen molar-refractivity contribution in [1.82, 2.24) is 4.90 Å². The molecular formula is C15H19ClN2O3. The van der Waals surface area contributed by atoms with Crippen molar-refractivity contribution in [2.45, 2.75) is 44.6 Å². The molecule has 1 aliphatic rings. The van der Waals surface area contributed by atoms with Crippen LogP contribution in [0.2, 0.25) is 5.02 Å². The lowest BCUT2D eigenvalue weighted by atomic mass is 10.1. The van der Waals surface area contributed by atoms with Gasteiger partial charge in [-0.05, 0) is 25.0 Å². The molecule has 2 rings (SSSR count). The smallest absolute Gasteiger partial charge is 0.288 e. The Morgan fingerprint density at radius 1 is 1.29 bits per heavy atom. The number of hydrogen-bond acceptors (Lipinski definition) is 3. The zero-order chi connectivity index (χ0) is 15.4. The van der Waals surface area contributed by atoms with Crippen LogP contribution in [0.15, 0.2) is 18.2 Å². The number of hydrogen-bond donors (Lipinski definition) is 0. The number of benzene rings is 1. The van der Waals surface area contributed by atoms with Crippen LogP contribution < -0.4 is 0 Å². The molecule has 6 heteroatoms. The van der Waals surface area contributed by atoms with Crippen molar-refractivity contribution in [3.8, 4) is 0 Å². The Hall–Kier alpha value is -1.62. The molecule has 1 aliphatic carbocycles. The van der Waals surface area contributed by atoms with Crippen LogP contribution in [0, 0.1) is 10.1 Å². The highest BCUT2D eigenvalue weighted by atomic mass is 35.5. The van der Waals surface area contributed by atoms with Gasteiger partial charge in [0.2, 0.25) is 0 Å². The maximum absolute atomic E-state index is 12.5. The molecule has 0 heterocycles. The van der Waals surface area contributed by atoms with E-state index in [9.17, 15) is 14.9 Å². The van der Waals surface area contributed by atoms with E-state index >= 15 is 0 Å². The Labute approximate surface area is 129 Å². The molecule has 114 valence electrons. The lowest BCUT2D eigenvalue weighted by Gasteiger charge is -2.27. The van der Waals surface area contributed by atoms with E-state index in [2.05, 4.69) is 0 Å². The standard InChI is InChI=1S/C15H19ClN2O3/c1-17(12-6-4-2-3-5-7-12)15(19)11-8-9-13(16)14(10-11)18(20)21/h8-10,12H,2-7H2,1H3. The summed E-state index contributed by atoms with van der Waals surface area (Å²) in [6, 6.07) is 4.44. The summed E-state index contributed by atoms with van der Waals surface area (Å²) in [4.78, 5) is 24.6. The number of nitro benzene ring substituents is 1. The molecule has 1 saturated carbocycles. The summed E-state index contributed by atoms with van der Waals surface area (Å²) in [5.41, 5.74) is 0.0922. The number of rotatable bonds is 3. The highest BCUT2D eigenvalue weighted by molar-refractivity contribution is 6.32. The van der Waals surface area contributed by atoms with Gasteiger partial charge in [-0.3, -0.25) is 14.9 Å². The fourth-order valence-electron chi connectivity index (χ4n) is 2.80. The molecule has 1 fully saturated rings. The van der Waals surface area contributed by atoms with Crippen molar-refractivity contribution in [1.29, 1.82) is 0 Å². The molecule has 1 amide bonds. The first-order valence-electron chi connectivity index (χ1n) is 7.22. The molecule has 0 aliphatic heterocycles. The van der Waals surface area contributed by atoms with Gasteiger partial charge in [-0.2, -0.15) is 0 Å². The zero-order valence-corrected chi connectivity index (χ0v) is 12.8. The van der Waals surface area contributed by atoms with Crippen molar-refractivity contribution in [2.24, 2.45) is 0 Å². The van der Waals surface area contributed by atoms with Gasteiger partial charge in [-0.1, -0.05) is 37.3 Å². The van der Waals surface area contributed by atoms with Crippen LogP contribution in [0.4, 0.5) is 5.69 Å². The number of nitrogens with zero attached hydrogens (tertiary/aromatic N) is 2. The van der Waals surface area contributed by atoms with E-state index in [0.717, 1.165) is 25.7 Å². The third-order valence-corrected chi connectivity index (χ3v) is 4.40. The zero-order valence-electron chi connectivity index (χ0n) is 12.0. The van der Waals surface area contributed by atoms with Gasteiger partial charge in [-0.15, -0.1) is 0 Å². The first kappa shape index (κ1) is 15.8. The predicted molar refractivity (Wildman–Crippen MR) is 81.7 cm³/mol. The number of nitro groups is 1. The first-order valence-corrected chi connectivity index (χ1v) is 7.59. The predicted octanol–water partition coefficient (Wildman–Crippen LogP) is 4.04. The summed E-state index contributed by atoms with van der Waals surface area (Å²) in [5.74, 6) is -0.179. The van der Waals surface area contributed by atoms with Crippen molar-refractivity contribution >= 4 is 23.2 Å². The van der Waals surface area contributed by atoms with E-state index in [4.69, 9.17) is 11.6 Å². The monoisotopic (exact) mass is 310 g/mol. The van der Waals surface area contributed by atoms with Crippen LogP contribution in [0.5, 0.6) is 0 Å². The number of carbonyl (C=O) groups excluding carboxylic acids is 1. The van der Waals surface area contributed by atoms with Crippen LogP contribution in [0.1, 0.15) is 48.9 Å². The molecule has 5 nitrogen and oxygen atoms in total. The maximum Gasteiger partial charge on any atom is 0.288 e. The Kier molecular flexibility index (Phi) is 5.17. The van der Waals surface area contributed by atoms with Gasteiger partial charge in [0.25, 0.3) is 11.6 Å². The molecule has 0 radical (unpaired) electrons. The van der Waals surface area contributed by atoms with Gasteiger partial charge in [0, 0.05) is 24.7 Å². The van der Waals surface area contributed by atoms with Crippen molar-refractivity contribution in [3.05, 3.63) is 38.9 Å². The molecule has 1 aromatic carbocycles. The fraction of sp³-hybridized carbons (Fsp3) is 0.533. The van der Waals surface area contributed by atoms with Crippen molar-refractivity contribution in [3.63, 3.8) is 0 Å². The van der Waals surface area contributed by atoms with E-state index in [0.29, 0.717) is 5.56 Å². The third-order valence-electron chi connectivity index (χ3n) is 4.08. The van der Waals surface area contributed by atoms with Crippen LogP contribution >= 0.6 is 11.6 Å². The second kappa shape index (κ2) is 6.89. The molecule has 0 bridgehead atoms. The maximum atomic E-state index is 12.5. The van der Waals surface area contributed by atoms with E-state index in [-0.39, 0.29) is 22.7 Å². The summed E-state index contributed by atoms with van der Waals surface area (Å²) in [5, 5.41) is 11.0. The molecule has 0 saturated heterocycles. The first-order chi connectivity index (χ1) is 10.0. The normalized spacial score (nSPS) is 16.3. The van der Waals surface area contributed by atoms with Gasteiger partial charge < -0.3 is 4.90 Å². The molecule has 0 unspecified atom stereocenters. The van der Waals surface area contributed by atoms with Crippen LogP contribution in [0.25, 0.3) is 0 Å². The average molecular weight is 311 g/mol. The average Bonchev–Trinajstić information content (AvgIpc) is 2.75. The van der Waals surface area contributed by atoms with Crippen LogP contribution in [0.3, 0.4) is 0 Å². The Bertz CT molecular complexity index is 540. The highest BCUT2D eigenvalue weighted by Crippen LogP contribution is 2.27. The van der Waals surface area contributed by atoms with Crippen LogP contribution in [-0.4, -0.2) is 28.8 Å². The molecule has 21 heavy (non-hydrogen) atoms. The van der Waals surface area contributed by atoms with Gasteiger partial charge in [0.05, 0.1) is 4.92 Å². The van der Waals surface area contributed by atoms with E-state index in [1.165, 1.54) is 25.0 Å². The molecule has 0 aromatic heterocycles. The number of amides is 1. The van der Waals surface area contributed by atoms with Gasteiger partial charge in [0.15, 0.2) is 0 Å².